The Labute approximate surface area is 147 Å². The molecule has 0 fully saturated rings. The smallest absolute Gasteiger partial charge is 0.240 e. The molecule has 0 radical (unpaired) electrons. The van der Waals surface area contributed by atoms with Crippen LogP contribution in [0.4, 0.5) is 10.1 Å². The maximum Gasteiger partial charge on any atom is 0.240 e. The molecule has 0 saturated carbocycles. The topological polar surface area (TPSA) is 66.5 Å². The average molecular weight is 364 g/mol. The lowest BCUT2D eigenvalue weighted by atomic mass is 10.1. The van der Waals surface area contributed by atoms with Gasteiger partial charge in [-0.2, -0.15) is 0 Å². The van der Waals surface area contributed by atoms with E-state index < -0.39 is 15.8 Å². The molecule has 5 nitrogen and oxygen atoms in total. The molecule has 0 aliphatic carbocycles. The number of benzene rings is 2. The first kappa shape index (κ1) is 19.1. The van der Waals surface area contributed by atoms with Crippen molar-refractivity contribution in [2.24, 2.45) is 0 Å². The summed E-state index contributed by atoms with van der Waals surface area (Å²) in [5.41, 5.74) is 2.28. The fourth-order valence-corrected chi connectivity index (χ4v) is 3.47. The summed E-state index contributed by atoms with van der Waals surface area (Å²) in [5.74, 6) is -0.754. The van der Waals surface area contributed by atoms with Crippen molar-refractivity contribution < 1.29 is 17.6 Å². The van der Waals surface area contributed by atoms with Gasteiger partial charge < -0.3 is 4.90 Å². The summed E-state index contributed by atoms with van der Waals surface area (Å²) >= 11 is 0. The third kappa shape index (κ3) is 4.87. The highest BCUT2D eigenvalue weighted by Gasteiger charge is 2.17. The number of hydrogen-bond acceptors (Lipinski definition) is 3. The number of nitrogens with one attached hydrogen (secondary N) is 1. The molecule has 25 heavy (non-hydrogen) atoms. The molecule has 2 rings (SSSR count). The average Bonchev–Trinajstić information content (AvgIpc) is 2.53. The molecule has 0 spiro atoms. The molecule has 2 aromatic carbocycles. The van der Waals surface area contributed by atoms with Crippen LogP contribution in [-0.4, -0.2) is 27.4 Å². The van der Waals surface area contributed by atoms with Gasteiger partial charge in [-0.05, 0) is 55.3 Å². The highest BCUT2D eigenvalue weighted by Crippen LogP contribution is 2.16. The minimum absolute atomic E-state index is 0.0192. The first-order valence-corrected chi connectivity index (χ1v) is 9.29. The third-order valence-electron chi connectivity index (χ3n) is 3.92. The normalized spacial score (nSPS) is 11.4. The van der Waals surface area contributed by atoms with E-state index in [2.05, 4.69) is 4.72 Å². The second kappa shape index (κ2) is 7.76. The Morgan fingerprint density at radius 2 is 1.84 bits per heavy atom. The lowest BCUT2D eigenvalue weighted by Gasteiger charge is -2.21. The van der Waals surface area contributed by atoms with Crippen molar-refractivity contribution in [3.63, 3.8) is 0 Å². The van der Waals surface area contributed by atoms with Crippen molar-refractivity contribution in [2.75, 3.05) is 18.0 Å². The number of sulfonamides is 1. The Kier molecular flexibility index (Phi) is 5.92. The van der Waals surface area contributed by atoms with Crippen molar-refractivity contribution in [2.45, 2.75) is 25.7 Å². The number of anilines is 1. The first-order valence-electron chi connectivity index (χ1n) is 7.81. The summed E-state index contributed by atoms with van der Waals surface area (Å²) in [4.78, 5) is 13.3. The van der Waals surface area contributed by atoms with E-state index in [1.807, 2.05) is 13.8 Å². The number of carbonyl (C=O) groups excluding carboxylic acids is 1. The number of aryl methyl sites for hydroxylation is 2. The Bertz CT molecular complexity index is 882. The summed E-state index contributed by atoms with van der Waals surface area (Å²) in [6, 6.07) is 10.5. The molecule has 2 aromatic rings. The Hall–Kier alpha value is -2.25. The number of halogens is 1. The SMILES string of the molecule is CC(=O)N(CCNS(=O)(=O)c1ccc(C)c(C)c1)c1cccc(F)c1. The van der Waals surface area contributed by atoms with Crippen molar-refractivity contribution in [3.8, 4) is 0 Å². The lowest BCUT2D eigenvalue weighted by Crippen LogP contribution is -2.37. The van der Waals surface area contributed by atoms with Gasteiger partial charge in [0.1, 0.15) is 5.82 Å². The van der Waals surface area contributed by atoms with Gasteiger partial charge in [-0.3, -0.25) is 4.79 Å². The number of hydrogen-bond donors (Lipinski definition) is 1. The van der Waals surface area contributed by atoms with Crippen LogP contribution >= 0.6 is 0 Å². The zero-order valence-corrected chi connectivity index (χ0v) is 15.2. The summed E-state index contributed by atoms with van der Waals surface area (Å²) in [5, 5.41) is 0. The molecule has 1 amide bonds. The van der Waals surface area contributed by atoms with E-state index in [1.54, 1.807) is 24.3 Å². The predicted octanol–water partition coefficient (Wildman–Crippen LogP) is 2.77. The van der Waals surface area contributed by atoms with Gasteiger partial charge in [0.2, 0.25) is 15.9 Å². The Balaban J connectivity index is 2.08. The van der Waals surface area contributed by atoms with Crippen LogP contribution in [0.25, 0.3) is 0 Å². The van der Waals surface area contributed by atoms with Crippen molar-refractivity contribution in [1.82, 2.24) is 4.72 Å². The molecule has 134 valence electrons. The van der Waals surface area contributed by atoms with E-state index in [0.29, 0.717) is 5.69 Å². The van der Waals surface area contributed by atoms with Crippen molar-refractivity contribution in [1.29, 1.82) is 0 Å². The molecular weight excluding hydrogens is 343 g/mol. The molecule has 7 heteroatoms. The van der Waals surface area contributed by atoms with Crippen LogP contribution in [0.15, 0.2) is 47.4 Å². The third-order valence-corrected chi connectivity index (χ3v) is 5.37. The number of nitrogens with zero attached hydrogens (tertiary/aromatic N) is 1. The largest absolute Gasteiger partial charge is 0.311 e. The van der Waals surface area contributed by atoms with Gasteiger partial charge in [-0.15, -0.1) is 0 Å². The minimum atomic E-state index is -3.67. The van der Waals surface area contributed by atoms with Gasteiger partial charge in [0.15, 0.2) is 0 Å². The first-order chi connectivity index (χ1) is 11.7. The van der Waals surface area contributed by atoms with E-state index in [4.69, 9.17) is 0 Å². The maximum absolute atomic E-state index is 13.3. The number of rotatable bonds is 6. The van der Waals surface area contributed by atoms with Gasteiger partial charge in [0.25, 0.3) is 0 Å². The standard InChI is InChI=1S/C18H21FN2O3S/c1-13-7-8-18(11-14(13)2)25(23,24)20-9-10-21(15(3)22)17-6-4-5-16(19)12-17/h4-8,11-12,20H,9-10H2,1-3H3. The molecule has 0 heterocycles. The quantitative estimate of drug-likeness (QED) is 0.857. The highest BCUT2D eigenvalue weighted by atomic mass is 32.2. The van der Waals surface area contributed by atoms with Gasteiger partial charge in [-0.25, -0.2) is 17.5 Å². The maximum atomic E-state index is 13.3. The van der Waals surface area contributed by atoms with Crippen LogP contribution in [0.3, 0.4) is 0 Å². The number of carbonyl (C=O) groups is 1. The lowest BCUT2D eigenvalue weighted by molar-refractivity contribution is -0.116. The van der Waals surface area contributed by atoms with Crippen LogP contribution < -0.4 is 9.62 Å². The Morgan fingerprint density at radius 1 is 1.12 bits per heavy atom. The minimum Gasteiger partial charge on any atom is -0.311 e. The molecule has 0 aromatic heterocycles. The van der Waals surface area contributed by atoms with Gasteiger partial charge in [0, 0.05) is 25.7 Å². The summed E-state index contributed by atoms with van der Waals surface area (Å²) < 4.78 is 40.5. The molecule has 0 unspecified atom stereocenters. The Morgan fingerprint density at radius 3 is 2.44 bits per heavy atom. The van der Waals surface area contributed by atoms with Crippen molar-refractivity contribution >= 4 is 21.6 Å². The molecule has 0 aliphatic rings. The molecule has 0 bridgehead atoms. The van der Waals surface area contributed by atoms with E-state index in [9.17, 15) is 17.6 Å². The van der Waals surface area contributed by atoms with Gasteiger partial charge in [-0.1, -0.05) is 12.1 Å². The van der Waals surface area contributed by atoms with Crippen LogP contribution in [0.1, 0.15) is 18.1 Å². The van der Waals surface area contributed by atoms with Crippen LogP contribution in [-0.2, 0) is 14.8 Å². The van der Waals surface area contributed by atoms with E-state index in [-0.39, 0.29) is 23.9 Å². The van der Waals surface area contributed by atoms with E-state index >= 15 is 0 Å². The monoisotopic (exact) mass is 364 g/mol. The fraction of sp³-hybridized carbons (Fsp3) is 0.278. The van der Waals surface area contributed by atoms with Gasteiger partial charge in [0.05, 0.1) is 4.90 Å². The van der Waals surface area contributed by atoms with Crippen molar-refractivity contribution in [3.05, 3.63) is 59.4 Å². The van der Waals surface area contributed by atoms with Crippen LogP contribution in [0.5, 0.6) is 0 Å². The molecular formula is C18H21FN2O3S. The van der Waals surface area contributed by atoms with E-state index in [1.165, 1.54) is 30.0 Å². The second-order valence-electron chi connectivity index (χ2n) is 5.79. The van der Waals surface area contributed by atoms with Crippen LogP contribution in [0, 0.1) is 19.7 Å². The zero-order valence-electron chi connectivity index (χ0n) is 14.4. The molecule has 0 aliphatic heterocycles. The number of amides is 1. The van der Waals surface area contributed by atoms with Gasteiger partial charge >= 0.3 is 0 Å². The predicted molar refractivity (Wildman–Crippen MR) is 95.5 cm³/mol. The molecule has 1 N–H and O–H groups in total. The molecule has 0 saturated heterocycles. The summed E-state index contributed by atoms with van der Waals surface area (Å²) in [6.07, 6.45) is 0. The summed E-state index contributed by atoms with van der Waals surface area (Å²) in [6.45, 7) is 5.22. The zero-order chi connectivity index (χ0) is 18.6. The second-order valence-corrected chi connectivity index (χ2v) is 7.56. The van der Waals surface area contributed by atoms with E-state index in [0.717, 1.165) is 11.1 Å². The fourth-order valence-electron chi connectivity index (χ4n) is 2.37. The molecule has 0 atom stereocenters. The van der Waals surface area contributed by atoms with Crippen LogP contribution in [0.2, 0.25) is 0 Å². The highest BCUT2D eigenvalue weighted by molar-refractivity contribution is 7.89. The summed E-state index contributed by atoms with van der Waals surface area (Å²) in [7, 11) is -3.67.